The Morgan fingerprint density at radius 3 is 2.50 bits per heavy atom. The molecule has 1 atom stereocenters. The molecule has 2 aromatic carbocycles. The van der Waals surface area contributed by atoms with Crippen LogP contribution in [0.15, 0.2) is 42.6 Å². The van der Waals surface area contributed by atoms with Crippen LogP contribution in [0.4, 0.5) is 4.39 Å². The molecular formula is C21H19FN2O6. The van der Waals surface area contributed by atoms with Crippen molar-refractivity contribution in [1.29, 1.82) is 0 Å². The molecule has 1 aromatic heterocycles. The first kappa shape index (κ1) is 20.8. The number of carbonyl (C=O) groups is 2. The number of carboxylic acid groups (broad SMARTS) is 1. The van der Waals surface area contributed by atoms with E-state index in [4.69, 9.17) is 14.6 Å². The highest BCUT2D eigenvalue weighted by Gasteiger charge is 2.26. The van der Waals surface area contributed by atoms with Gasteiger partial charge in [0.05, 0.1) is 7.11 Å². The lowest BCUT2D eigenvalue weighted by Crippen LogP contribution is -2.40. The Balaban J connectivity index is 1.91. The number of carbonyl (C=O) groups excluding carboxylic acids is 1. The highest BCUT2D eigenvalue weighted by Crippen LogP contribution is 2.33. The number of methoxy groups -OCH3 is 1. The molecule has 156 valence electrons. The quantitative estimate of drug-likeness (QED) is 0.636. The number of benzene rings is 2. The maximum absolute atomic E-state index is 13.5. The molecule has 3 rings (SSSR count). The van der Waals surface area contributed by atoms with E-state index < -0.39 is 23.7 Å². The van der Waals surface area contributed by atoms with Gasteiger partial charge in [-0.15, -0.1) is 0 Å². The number of hydrogen-bond acceptors (Lipinski definition) is 6. The van der Waals surface area contributed by atoms with Crippen molar-refractivity contribution in [3.05, 3.63) is 54.1 Å². The maximum atomic E-state index is 13.5. The van der Waals surface area contributed by atoms with Crippen molar-refractivity contribution >= 4 is 22.6 Å². The SMILES string of the molecule is COc1cc(Oc2ccc3c(O)c(C(=O)N(C)C(C)C(=O)O)ncc3c2)ccc1F. The molecule has 1 heterocycles. The van der Waals surface area contributed by atoms with Gasteiger partial charge in [-0.1, -0.05) is 0 Å². The van der Waals surface area contributed by atoms with Gasteiger partial charge in [-0.25, -0.2) is 14.2 Å². The third-order valence-electron chi connectivity index (χ3n) is 4.65. The van der Waals surface area contributed by atoms with Crippen molar-refractivity contribution < 1.29 is 33.7 Å². The molecule has 30 heavy (non-hydrogen) atoms. The number of pyridine rings is 1. The smallest absolute Gasteiger partial charge is 0.326 e. The van der Waals surface area contributed by atoms with Crippen LogP contribution in [-0.4, -0.2) is 52.2 Å². The minimum atomic E-state index is -1.18. The summed E-state index contributed by atoms with van der Waals surface area (Å²) in [6.45, 7) is 1.35. The topological polar surface area (TPSA) is 109 Å². The monoisotopic (exact) mass is 414 g/mol. The summed E-state index contributed by atoms with van der Waals surface area (Å²) in [4.78, 5) is 28.6. The van der Waals surface area contributed by atoms with E-state index in [9.17, 15) is 19.1 Å². The summed E-state index contributed by atoms with van der Waals surface area (Å²) in [5, 5.41) is 20.4. The van der Waals surface area contributed by atoms with E-state index in [2.05, 4.69) is 4.98 Å². The van der Waals surface area contributed by atoms with Crippen molar-refractivity contribution in [2.24, 2.45) is 0 Å². The fourth-order valence-corrected chi connectivity index (χ4v) is 2.75. The zero-order valence-corrected chi connectivity index (χ0v) is 16.4. The summed E-state index contributed by atoms with van der Waals surface area (Å²) in [7, 11) is 2.67. The highest BCUT2D eigenvalue weighted by atomic mass is 19.1. The standard InChI is InChI=1S/C21H19FN2O6/c1-11(21(27)28)24(2)20(26)18-19(25)15-6-4-13(8-12(15)10-23-18)30-14-5-7-16(22)17(9-14)29-3/h4-11,25H,1-3H3,(H,27,28). The lowest BCUT2D eigenvalue weighted by atomic mass is 10.1. The van der Waals surface area contributed by atoms with Gasteiger partial charge < -0.3 is 24.6 Å². The largest absolute Gasteiger partial charge is 0.505 e. The Morgan fingerprint density at radius 2 is 1.83 bits per heavy atom. The van der Waals surface area contributed by atoms with Crippen molar-refractivity contribution in [2.45, 2.75) is 13.0 Å². The van der Waals surface area contributed by atoms with E-state index >= 15 is 0 Å². The van der Waals surface area contributed by atoms with E-state index in [0.717, 1.165) is 4.90 Å². The molecule has 3 aromatic rings. The van der Waals surface area contributed by atoms with Crippen LogP contribution >= 0.6 is 0 Å². The molecule has 0 fully saturated rings. The van der Waals surface area contributed by atoms with Gasteiger partial charge in [0.2, 0.25) is 0 Å². The third kappa shape index (κ3) is 3.95. The zero-order valence-electron chi connectivity index (χ0n) is 16.4. The Kier molecular flexibility index (Phi) is 5.72. The number of nitrogens with zero attached hydrogens (tertiary/aromatic N) is 2. The number of halogens is 1. The van der Waals surface area contributed by atoms with Crippen LogP contribution in [0.3, 0.4) is 0 Å². The maximum Gasteiger partial charge on any atom is 0.326 e. The van der Waals surface area contributed by atoms with Crippen molar-refractivity contribution in [3.8, 4) is 23.0 Å². The van der Waals surface area contributed by atoms with Crippen LogP contribution in [0.2, 0.25) is 0 Å². The van der Waals surface area contributed by atoms with Gasteiger partial charge in [-0.3, -0.25) is 4.79 Å². The summed E-state index contributed by atoms with van der Waals surface area (Å²) < 4.78 is 24.2. The first-order valence-electron chi connectivity index (χ1n) is 8.86. The van der Waals surface area contributed by atoms with E-state index in [-0.39, 0.29) is 17.2 Å². The van der Waals surface area contributed by atoms with Crippen LogP contribution in [0.25, 0.3) is 10.8 Å². The molecule has 1 amide bonds. The van der Waals surface area contributed by atoms with Gasteiger partial charge in [0.15, 0.2) is 23.0 Å². The average molecular weight is 414 g/mol. The van der Waals surface area contributed by atoms with Gasteiger partial charge in [-0.2, -0.15) is 0 Å². The number of carboxylic acids is 1. The molecule has 0 saturated carbocycles. The van der Waals surface area contributed by atoms with Crippen LogP contribution in [0.5, 0.6) is 23.0 Å². The molecule has 8 nitrogen and oxygen atoms in total. The second-order valence-electron chi connectivity index (χ2n) is 6.53. The lowest BCUT2D eigenvalue weighted by Gasteiger charge is -2.21. The Labute approximate surface area is 171 Å². The molecule has 0 bridgehead atoms. The predicted octanol–water partition coefficient (Wildman–Crippen LogP) is 3.43. The molecule has 0 radical (unpaired) electrons. The molecule has 2 N–H and O–H groups in total. The molecule has 0 aliphatic carbocycles. The second-order valence-corrected chi connectivity index (χ2v) is 6.53. The fraction of sp³-hybridized carbons (Fsp3) is 0.190. The molecular weight excluding hydrogens is 395 g/mol. The lowest BCUT2D eigenvalue weighted by molar-refractivity contribution is -0.141. The fourth-order valence-electron chi connectivity index (χ4n) is 2.75. The Hall–Kier alpha value is -3.88. The number of hydrogen-bond donors (Lipinski definition) is 2. The zero-order chi connectivity index (χ0) is 22.0. The molecule has 9 heteroatoms. The molecule has 0 saturated heterocycles. The Bertz CT molecular complexity index is 1130. The van der Waals surface area contributed by atoms with Gasteiger partial charge >= 0.3 is 5.97 Å². The highest BCUT2D eigenvalue weighted by molar-refractivity contribution is 6.02. The Morgan fingerprint density at radius 1 is 1.17 bits per heavy atom. The average Bonchev–Trinajstić information content (AvgIpc) is 2.73. The number of rotatable bonds is 6. The molecule has 0 aliphatic heterocycles. The van der Waals surface area contributed by atoms with E-state index in [1.54, 1.807) is 18.2 Å². The van der Waals surface area contributed by atoms with Crippen LogP contribution in [0.1, 0.15) is 17.4 Å². The molecule has 0 aliphatic rings. The number of aromatic nitrogens is 1. The van der Waals surface area contributed by atoms with Crippen molar-refractivity contribution in [3.63, 3.8) is 0 Å². The molecule has 0 spiro atoms. The van der Waals surface area contributed by atoms with Gasteiger partial charge in [0.25, 0.3) is 5.91 Å². The van der Waals surface area contributed by atoms with Crippen LogP contribution in [0, 0.1) is 5.82 Å². The summed E-state index contributed by atoms with van der Waals surface area (Å²) in [6.07, 6.45) is 1.37. The van der Waals surface area contributed by atoms with Crippen LogP contribution in [-0.2, 0) is 4.79 Å². The normalized spacial score (nSPS) is 11.7. The number of aliphatic carboxylic acids is 1. The summed E-state index contributed by atoms with van der Waals surface area (Å²) in [5.74, 6) is -1.99. The number of fused-ring (bicyclic) bond motifs is 1. The number of ether oxygens (including phenoxy) is 2. The minimum absolute atomic E-state index is 0.0375. The predicted molar refractivity (Wildman–Crippen MR) is 106 cm³/mol. The minimum Gasteiger partial charge on any atom is -0.505 e. The van der Waals surface area contributed by atoms with Gasteiger partial charge in [-0.05, 0) is 37.3 Å². The third-order valence-corrected chi connectivity index (χ3v) is 4.65. The summed E-state index contributed by atoms with van der Waals surface area (Å²) in [5.41, 5.74) is -0.255. The van der Waals surface area contributed by atoms with Crippen molar-refractivity contribution in [2.75, 3.05) is 14.2 Å². The first-order chi connectivity index (χ1) is 14.2. The van der Waals surface area contributed by atoms with Crippen LogP contribution < -0.4 is 9.47 Å². The first-order valence-corrected chi connectivity index (χ1v) is 8.86. The van der Waals surface area contributed by atoms with Gasteiger partial charge in [0, 0.05) is 30.1 Å². The second kappa shape index (κ2) is 8.24. The van der Waals surface area contributed by atoms with Gasteiger partial charge in [0.1, 0.15) is 17.5 Å². The number of amides is 1. The number of likely N-dealkylation sites (N-methyl/N-ethyl adjacent to an activating group) is 1. The molecule has 1 unspecified atom stereocenters. The van der Waals surface area contributed by atoms with E-state index in [1.807, 2.05) is 0 Å². The van der Waals surface area contributed by atoms with Crippen molar-refractivity contribution in [1.82, 2.24) is 9.88 Å². The van der Waals surface area contributed by atoms with E-state index in [0.29, 0.717) is 22.3 Å². The summed E-state index contributed by atoms with van der Waals surface area (Å²) >= 11 is 0. The van der Waals surface area contributed by atoms with E-state index in [1.165, 1.54) is 45.5 Å². The number of aromatic hydroxyl groups is 1. The summed E-state index contributed by atoms with van der Waals surface area (Å²) in [6, 6.07) is 7.67.